The van der Waals surface area contributed by atoms with Gasteiger partial charge in [0.15, 0.2) is 0 Å². The molecule has 0 aromatic carbocycles. The van der Waals surface area contributed by atoms with Gasteiger partial charge in [0.2, 0.25) is 0 Å². The Labute approximate surface area is 46.0 Å². The molecule has 0 rings (SSSR count). The highest BCUT2D eigenvalue weighted by atomic mass is 28.3. The minimum atomic E-state index is -1.61. The number of unbranched alkanes of at least 4 members (excludes halogenated alkanes) is 1. The van der Waals surface area contributed by atoms with Crippen molar-refractivity contribution in [1.29, 1.82) is 0 Å². The van der Waals surface area contributed by atoms with Gasteiger partial charge in [-0.2, -0.15) is 0 Å². The monoisotopic (exact) mass is 122 g/mol. The lowest BCUT2D eigenvalue weighted by Gasteiger charge is -1.92. The summed E-state index contributed by atoms with van der Waals surface area (Å²) < 4.78 is 15.8. The Morgan fingerprint density at radius 3 is 2.86 bits per heavy atom. The minimum absolute atomic E-state index is 0.624. The van der Waals surface area contributed by atoms with Crippen molar-refractivity contribution in [2.75, 3.05) is 6.61 Å². The molecule has 0 aromatic rings. The summed E-state index contributed by atoms with van der Waals surface area (Å²) in [7, 11) is -1.61. The molecule has 0 amide bonds. The van der Waals surface area contributed by atoms with Crippen molar-refractivity contribution in [3.05, 3.63) is 0 Å². The van der Waals surface area contributed by atoms with E-state index in [4.69, 9.17) is 0 Å². The maximum absolute atomic E-state index is 11.2. The number of halogens is 1. The fraction of sp³-hybridized carbons (Fsp3) is 1.00. The average Bonchev–Trinajstić information content (AvgIpc) is 1.69. The maximum atomic E-state index is 11.2. The highest BCUT2D eigenvalue weighted by molar-refractivity contribution is 6.16. The Balaban J connectivity index is 2.45. The molecular formula is C4H11FOSi. The van der Waals surface area contributed by atoms with Crippen LogP contribution in [-0.4, -0.2) is 16.7 Å². The molecule has 0 saturated heterocycles. The van der Waals surface area contributed by atoms with Crippen molar-refractivity contribution in [2.24, 2.45) is 0 Å². The third-order valence-corrected chi connectivity index (χ3v) is 1.16. The predicted molar refractivity (Wildman–Crippen MR) is 30.5 cm³/mol. The largest absolute Gasteiger partial charge is 0.396 e. The summed E-state index contributed by atoms with van der Waals surface area (Å²) in [6.07, 6.45) is 2.09. The Kier molecular flexibility index (Phi) is 6.20. The molecule has 0 fully saturated rings. The summed E-state index contributed by atoms with van der Waals surface area (Å²) in [5, 5.41) is 0. The Morgan fingerprint density at radius 2 is 2.43 bits per heavy atom. The fourth-order valence-corrected chi connectivity index (χ4v) is 0.614. The third-order valence-electron chi connectivity index (χ3n) is 0.719. The van der Waals surface area contributed by atoms with Gasteiger partial charge in [0, 0.05) is 6.61 Å². The first-order chi connectivity index (χ1) is 3.41. The molecule has 0 radical (unpaired) electrons. The Hall–Kier alpha value is 0.107. The molecule has 0 aromatic heterocycles. The van der Waals surface area contributed by atoms with Gasteiger partial charge in [0.05, 0.1) is 0 Å². The molecule has 0 aliphatic rings. The van der Waals surface area contributed by atoms with Crippen molar-refractivity contribution < 1.29 is 8.53 Å². The molecule has 0 aliphatic carbocycles. The Morgan fingerprint density at radius 1 is 1.71 bits per heavy atom. The second kappa shape index (κ2) is 6.11. The van der Waals surface area contributed by atoms with Gasteiger partial charge in [0.25, 0.3) is 0 Å². The molecule has 0 atom stereocenters. The van der Waals surface area contributed by atoms with E-state index in [0.717, 1.165) is 12.8 Å². The van der Waals surface area contributed by atoms with Crippen LogP contribution in [0.15, 0.2) is 0 Å². The molecule has 0 bridgehead atoms. The highest BCUT2D eigenvalue weighted by Gasteiger charge is 1.81. The predicted octanol–water partition coefficient (Wildman–Crippen LogP) is 0.771. The van der Waals surface area contributed by atoms with Crippen molar-refractivity contribution in [1.82, 2.24) is 0 Å². The van der Waals surface area contributed by atoms with Gasteiger partial charge >= 0.3 is 10.1 Å². The molecule has 0 heterocycles. The van der Waals surface area contributed by atoms with Gasteiger partial charge < -0.3 is 4.43 Å². The van der Waals surface area contributed by atoms with Crippen LogP contribution in [0.4, 0.5) is 4.11 Å². The van der Waals surface area contributed by atoms with E-state index in [0.29, 0.717) is 6.61 Å². The molecule has 0 N–H and O–H groups in total. The van der Waals surface area contributed by atoms with Crippen LogP contribution < -0.4 is 0 Å². The zero-order valence-electron chi connectivity index (χ0n) is 4.61. The van der Waals surface area contributed by atoms with Crippen molar-refractivity contribution in [3.8, 4) is 0 Å². The van der Waals surface area contributed by atoms with Gasteiger partial charge in [-0.05, 0) is 6.42 Å². The lowest BCUT2D eigenvalue weighted by atomic mass is 10.4. The SMILES string of the molecule is CCCCO[SiH2]F. The van der Waals surface area contributed by atoms with E-state index in [-0.39, 0.29) is 0 Å². The van der Waals surface area contributed by atoms with Gasteiger partial charge in [-0.1, -0.05) is 13.3 Å². The van der Waals surface area contributed by atoms with Gasteiger partial charge in [-0.25, -0.2) is 0 Å². The van der Waals surface area contributed by atoms with Crippen LogP contribution in [0.5, 0.6) is 0 Å². The molecule has 0 aliphatic heterocycles. The van der Waals surface area contributed by atoms with Crippen LogP contribution in [0.3, 0.4) is 0 Å². The summed E-state index contributed by atoms with van der Waals surface area (Å²) in [6, 6.07) is 0. The topological polar surface area (TPSA) is 9.23 Å². The Bertz CT molecular complexity index is 30.9. The molecule has 0 saturated carbocycles. The van der Waals surface area contributed by atoms with Crippen molar-refractivity contribution >= 4 is 10.1 Å². The molecule has 7 heavy (non-hydrogen) atoms. The second-order valence-electron chi connectivity index (χ2n) is 1.37. The zero-order chi connectivity index (χ0) is 5.54. The van der Waals surface area contributed by atoms with E-state index < -0.39 is 10.1 Å². The molecule has 3 heteroatoms. The quantitative estimate of drug-likeness (QED) is 0.304. The van der Waals surface area contributed by atoms with E-state index in [1.165, 1.54) is 0 Å². The minimum Gasteiger partial charge on any atom is -0.396 e. The lowest BCUT2D eigenvalue weighted by molar-refractivity contribution is 0.303. The smallest absolute Gasteiger partial charge is 0.353 e. The molecule has 0 spiro atoms. The number of hydrogen-bond donors (Lipinski definition) is 0. The lowest BCUT2D eigenvalue weighted by Crippen LogP contribution is -1.93. The maximum Gasteiger partial charge on any atom is 0.353 e. The summed E-state index contributed by atoms with van der Waals surface area (Å²) in [5.41, 5.74) is 0. The van der Waals surface area contributed by atoms with E-state index in [1.807, 2.05) is 0 Å². The van der Waals surface area contributed by atoms with E-state index >= 15 is 0 Å². The number of rotatable bonds is 4. The highest BCUT2D eigenvalue weighted by Crippen LogP contribution is 1.85. The molecule has 0 unspecified atom stereocenters. The second-order valence-corrected chi connectivity index (χ2v) is 2.00. The van der Waals surface area contributed by atoms with E-state index in [2.05, 4.69) is 11.3 Å². The average molecular weight is 122 g/mol. The third kappa shape index (κ3) is 6.11. The van der Waals surface area contributed by atoms with Gasteiger partial charge in [-0.3, -0.25) is 4.11 Å². The van der Waals surface area contributed by atoms with Gasteiger partial charge in [0.1, 0.15) is 0 Å². The van der Waals surface area contributed by atoms with E-state index in [9.17, 15) is 4.11 Å². The van der Waals surface area contributed by atoms with Crippen molar-refractivity contribution in [2.45, 2.75) is 19.8 Å². The zero-order valence-corrected chi connectivity index (χ0v) is 6.03. The molecule has 1 nitrogen and oxygen atoms in total. The fourth-order valence-electron chi connectivity index (χ4n) is 0.301. The van der Waals surface area contributed by atoms with Crippen LogP contribution in [0, 0.1) is 0 Å². The van der Waals surface area contributed by atoms with Crippen LogP contribution in [0.1, 0.15) is 19.8 Å². The summed E-state index contributed by atoms with van der Waals surface area (Å²) >= 11 is 0. The van der Waals surface area contributed by atoms with Gasteiger partial charge in [-0.15, -0.1) is 0 Å². The van der Waals surface area contributed by atoms with Crippen LogP contribution in [0.25, 0.3) is 0 Å². The van der Waals surface area contributed by atoms with Crippen LogP contribution in [-0.2, 0) is 4.43 Å². The summed E-state index contributed by atoms with van der Waals surface area (Å²) in [6.45, 7) is 2.68. The first-order valence-corrected chi connectivity index (χ1v) is 3.66. The van der Waals surface area contributed by atoms with Crippen LogP contribution >= 0.6 is 0 Å². The first-order valence-electron chi connectivity index (χ1n) is 2.55. The summed E-state index contributed by atoms with van der Waals surface area (Å²) in [4.78, 5) is 0. The molecular weight excluding hydrogens is 111 g/mol. The standard InChI is InChI=1S/C4H11FOSi/c1-2-3-4-6-7-5/h2-4,7H2,1H3. The first kappa shape index (κ1) is 7.11. The summed E-state index contributed by atoms with van der Waals surface area (Å²) in [5.74, 6) is 0. The molecule has 44 valence electrons. The van der Waals surface area contributed by atoms with Crippen molar-refractivity contribution in [3.63, 3.8) is 0 Å². The van der Waals surface area contributed by atoms with E-state index in [1.54, 1.807) is 0 Å². The number of hydrogen-bond acceptors (Lipinski definition) is 1. The normalized spacial score (nSPS) is 11.1. The van der Waals surface area contributed by atoms with Crippen LogP contribution in [0.2, 0.25) is 0 Å².